The fourth-order valence-electron chi connectivity index (χ4n) is 2.05. The topological polar surface area (TPSA) is 52.8 Å². The highest BCUT2D eigenvalue weighted by Gasteiger charge is 2.12. The standard InChI is InChI=1S/C16H14N2O3/c1-2-20-16(19)21-14-9-6-10-18-11-13(17-15(14)18)12-7-4-3-5-8-12/h3-11H,2H2,1H3. The molecule has 0 saturated carbocycles. The number of aromatic nitrogens is 2. The Kier molecular flexibility index (Phi) is 3.55. The van der Waals surface area contributed by atoms with Gasteiger partial charge in [0.05, 0.1) is 12.3 Å². The van der Waals surface area contributed by atoms with E-state index in [1.165, 1.54) is 0 Å². The molecule has 0 fully saturated rings. The Hall–Kier alpha value is -2.82. The third kappa shape index (κ3) is 2.72. The van der Waals surface area contributed by atoms with Crippen molar-refractivity contribution in [3.8, 4) is 17.0 Å². The van der Waals surface area contributed by atoms with Crippen LogP contribution < -0.4 is 4.74 Å². The van der Waals surface area contributed by atoms with Gasteiger partial charge in [-0.05, 0) is 19.1 Å². The van der Waals surface area contributed by atoms with Gasteiger partial charge >= 0.3 is 6.16 Å². The summed E-state index contributed by atoms with van der Waals surface area (Å²) >= 11 is 0. The fourth-order valence-corrected chi connectivity index (χ4v) is 2.05. The van der Waals surface area contributed by atoms with E-state index in [1.807, 2.05) is 47.1 Å². The minimum absolute atomic E-state index is 0.270. The maximum absolute atomic E-state index is 11.5. The number of ether oxygens (including phenoxy) is 2. The van der Waals surface area contributed by atoms with Crippen molar-refractivity contribution in [1.29, 1.82) is 0 Å². The molecule has 2 heterocycles. The van der Waals surface area contributed by atoms with Gasteiger partial charge < -0.3 is 13.9 Å². The van der Waals surface area contributed by atoms with E-state index in [1.54, 1.807) is 19.1 Å². The van der Waals surface area contributed by atoms with Crippen molar-refractivity contribution in [2.24, 2.45) is 0 Å². The number of pyridine rings is 1. The Morgan fingerprint density at radius 3 is 2.76 bits per heavy atom. The first-order chi connectivity index (χ1) is 10.3. The van der Waals surface area contributed by atoms with Gasteiger partial charge in [-0.25, -0.2) is 9.78 Å². The zero-order valence-electron chi connectivity index (χ0n) is 11.5. The predicted octanol–water partition coefficient (Wildman–Crippen LogP) is 3.54. The number of hydrogen-bond acceptors (Lipinski definition) is 4. The Morgan fingerprint density at radius 1 is 1.19 bits per heavy atom. The third-order valence-corrected chi connectivity index (χ3v) is 2.97. The highest BCUT2D eigenvalue weighted by Crippen LogP contribution is 2.24. The molecule has 0 saturated heterocycles. The second-order valence-electron chi connectivity index (χ2n) is 4.38. The lowest BCUT2D eigenvalue weighted by atomic mass is 10.2. The lowest BCUT2D eigenvalue weighted by molar-refractivity contribution is 0.104. The van der Waals surface area contributed by atoms with Crippen LogP contribution in [0, 0.1) is 0 Å². The molecule has 1 aromatic carbocycles. The van der Waals surface area contributed by atoms with Crippen molar-refractivity contribution >= 4 is 11.8 Å². The van der Waals surface area contributed by atoms with Crippen molar-refractivity contribution in [2.45, 2.75) is 6.92 Å². The summed E-state index contributed by atoms with van der Waals surface area (Å²) in [6.45, 7) is 2.00. The number of carbonyl (C=O) groups is 1. The van der Waals surface area contributed by atoms with Crippen LogP contribution in [0.5, 0.6) is 5.75 Å². The molecule has 0 spiro atoms. The summed E-state index contributed by atoms with van der Waals surface area (Å²) in [5.74, 6) is 0.373. The van der Waals surface area contributed by atoms with Crippen molar-refractivity contribution in [1.82, 2.24) is 9.38 Å². The zero-order chi connectivity index (χ0) is 14.7. The summed E-state index contributed by atoms with van der Waals surface area (Å²) < 4.78 is 11.8. The normalized spacial score (nSPS) is 10.5. The van der Waals surface area contributed by atoms with E-state index in [0.29, 0.717) is 11.4 Å². The van der Waals surface area contributed by atoms with Gasteiger partial charge in [-0.2, -0.15) is 0 Å². The molecule has 0 aliphatic heterocycles. The van der Waals surface area contributed by atoms with Crippen LogP contribution >= 0.6 is 0 Å². The minimum Gasteiger partial charge on any atom is -0.434 e. The van der Waals surface area contributed by atoms with E-state index in [9.17, 15) is 4.79 Å². The number of benzene rings is 1. The van der Waals surface area contributed by atoms with Gasteiger partial charge in [-0.3, -0.25) is 0 Å². The number of rotatable bonds is 3. The molecular formula is C16H14N2O3. The monoisotopic (exact) mass is 282 g/mol. The van der Waals surface area contributed by atoms with Crippen LogP contribution in [0.2, 0.25) is 0 Å². The number of fused-ring (bicyclic) bond motifs is 1. The van der Waals surface area contributed by atoms with E-state index in [4.69, 9.17) is 9.47 Å². The molecule has 5 heteroatoms. The van der Waals surface area contributed by atoms with Gasteiger partial charge in [-0.1, -0.05) is 30.3 Å². The van der Waals surface area contributed by atoms with Crippen LogP contribution in [0.1, 0.15) is 6.92 Å². The SMILES string of the molecule is CCOC(=O)Oc1cccn2cc(-c3ccccc3)nc12. The molecule has 2 aromatic heterocycles. The van der Waals surface area contributed by atoms with E-state index in [-0.39, 0.29) is 6.61 Å². The Labute approximate surface area is 121 Å². The number of carbonyl (C=O) groups excluding carboxylic acids is 1. The van der Waals surface area contributed by atoms with Crippen LogP contribution in [0.15, 0.2) is 54.9 Å². The highest BCUT2D eigenvalue weighted by molar-refractivity contribution is 5.71. The average molecular weight is 282 g/mol. The number of hydrogen-bond donors (Lipinski definition) is 0. The molecule has 0 atom stereocenters. The molecule has 21 heavy (non-hydrogen) atoms. The molecule has 0 radical (unpaired) electrons. The first kappa shape index (κ1) is 13.2. The van der Waals surface area contributed by atoms with Gasteiger partial charge in [0.2, 0.25) is 0 Å². The summed E-state index contributed by atoms with van der Waals surface area (Å²) in [7, 11) is 0. The Bertz CT molecular complexity index is 766. The molecule has 0 aliphatic carbocycles. The first-order valence-corrected chi connectivity index (χ1v) is 6.65. The summed E-state index contributed by atoms with van der Waals surface area (Å²) in [6, 6.07) is 13.3. The summed E-state index contributed by atoms with van der Waals surface area (Å²) in [5, 5.41) is 0. The molecule has 0 N–H and O–H groups in total. The second kappa shape index (κ2) is 5.66. The van der Waals surface area contributed by atoms with Crippen molar-refractivity contribution in [3.05, 3.63) is 54.9 Å². The predicted molar refractivity (Wildman–Crippen MR) is 78.3 cm³/mol. The van der Waals surface area contributed by atoms with Gasteiger partial charge in [0.15, 0.2) is 11.4 Å². The lowest BCUT2D eigenvalue weighted by Gasteiger charge is -2.04. The Morgan fingerprint density at radius 2 is 2.00 bits per heavy atom. The summed E-state index contributed by atoms with van der Waals surface area (Å²) in [4.78, 5) is 16.0. The van der Waals surface area contributed by atoms with E-state index >= 15 is 0 Å². The minimum atomic E-state index is -0.727. The molecule has 0 unspecified atom stereocenters. The van der Waals surface area contributed by atoms with Crippen LogP contribution in [-0.2, 0) is 4.74 Å². The molecule has 0 amide bonds. The van der Waals surface area contributed by atoms with Crippen LogP contribution in [-0.4, -0.2) is 22.1 Å². The van der Waals surface area contributed by atoms with Crippen molar-refractivity contribution in [3.63, 3.8) is 0 Å². The van der Waals surface area contributed by atoms with Crippen LogP contribution in [0.4, 0.5) is 4.79 Å². The van der Waals surface area contributed by atoms with Gasteiger partial charge in [0, 0.05) is 18.0 Å². The lowest BCUT2D eigenvalue weighted by Crippen LogP contribution is -2.10. The number of nitrogens with zero attached hydrogens (tertiary/aromatic N) is 2. The number of imidazole rings is 1. The zero-order valence-corrected chi connectivity index (χ0v) is 11.5. The fraction of sp³-hybridized carbons (Fsp3) is 0.125. The molecule has 5 nitrogen and oxygen atoms in total. The van der Waals surface area contributed by atoms with Crippen LogP contribution in [0.25, 0.3) is 16.9 Å². The van der Waals surface area contributed by atoms with E-state index in [2.05, 4.69) is 4.98 Å². The quantitative estimate of drug-likeness (QED) is 0.689. The maximum atomic E-state index is 11.5. The molecule has 3 aromatic rings. The Balaban J connectivity index is 2.00. The van der Waals surface area contributed by atoms with E-state index in [0.717, 1.165) is 11.3 Å². The third-order valence-electron chi connectivity index (χ3n) is 2.97. The molecule has 106 valence electrons. The molecule has 0 bridgehead atoms. The van der Waals surface area contributed by atoms with Gasteiger partial charge in [0.1, 0.15) is 0 Å². The first-order valence-electron chi connectivity index (χ1n) is 6.65. The van der Waals surface area contributed by atoms with Gasteiger partial charge in [-0.15, -0.1) is 0 Å². The maximum Gasteiger partial charge on any atom is 0.513 e. The summed E-state index contributed by atoms with van der Waals surface area (Å²) in [6.07, 6.45) is 3.02. The smallest absolute Gasteiger partial charge is 0.434 e. The highest BCUT2D eigenvalue weighted by atomic mass is 16.7. The molecular weight excluding hydrogens is 268 g/mol. The average Bonchev–Trinajstić information content (AvgIpc) is 2.94. The van der Waals surface area contributed by atoms with E-state index < -0.39 is 6.16 Å². The van der Waals surface area contributed by atoms with Crippen molar-refractivity contribution in [2.75, 3.05) is 6.61 Å². The second-order valence-corrected chi connectivity index (χ2v) is 4.38. The van der Waals surface area contributed by atoms with Gasteiger partial charge in [0.25, 0.3) is 0 Å². The largest absolute Gasteiger partial charge is 0.513 e. The van der Waals surface area contributed by atoms with Crippen molar-refractivity contribution < 1.29 is 14.3 Å². The summed E-state index contributed by atoms with van der Waals surface area (Å²) in [5.41, 5.74) is 2.39. The molecule has 3 rings (SSSR count). The van der Waals surface area contributed by atoms with Crippen LogP contribution in [0.3, 0.4) is 0 Å². The molecule has 0 aliphatic rings.